The van der Waals surface area contributed by atoms with Gasteiger partial charge in [-0.15, -0.1) is 0 Å². The molecule has 1 nitrogen and oxygen atoms in total. The molecular weight excluding hydrogens is 220 g/mol. The van der Waals surface area contributed by atoms with Gasteiger partial charge in [0.1, 0.15) is 0 Å². The zero-order chi connectivity index (χ0) is 14.0. The summed E-state index contributed by atoms with van der Waals surface area (Å²) in [4.78, 5) is 0. The SMILES string of the molecule is CCCC1CC[C@H](OC(C)(C)C)C(C(C)(C)C)C1. The predicted octanol–water partition coefficient (Wildman–Crippen LogP) is 5.43. The highest BCUT2D eigenvalue weighted by Gasteiger charge is 2.39. The lowest BCUT2D eigenvalue weighted by Gasteiger charge is -2.45. The molecule has 1 aliphatic rings. The zero-order valence-corrected chi connectivity index (χ0v) is 13.7. The third-order valence-electron chi connectivity index (χ3n) is 4.21. The van der Waals surface area contributed by atoms with Gasteiger partial charge in [0.15, 0.2) is 0 Å². The van der Waals surface area contributed by atoms with Crippen molar-refractivity contribution in [1.82, 2.24) is 0 Å². The van der Waals surface area contributed by atoms with Crippen LogP contribution < -0.4 is 0 Å². The number of hydrogen-bond acceptors (Lipinski definition) is 1. The van der Waals surface area contributed by atoms with Crippen LogP contribution in [0.1, 0.15) is 80.6 Å². The van der Waals surface area contributed by atoms with E-state index in [1.807, 2.05) is 0 Å². The molecule has 0 aromatic rings. The van der Waals surface area contributed by atoms with Gasteiger partial charge in [0.05, 0.1) is 11.7 Å². The van der Waals surface area contributed by atoms with Crippen molar-refractivity contribution in [1.29, 1.82) is 0 Å². The highest BCUT2D eigenvalue weighted by Crippen LogP contribution is 2.44. The van der Waals surface area contributed by atoms with Crippen LogP contribution in [0, 0.1) is 17.3 Å². The van der Waals surface area contributed by atoms with E-state index < -0.39 is 0 Å². The Morgan fingerprint density at radius 1 is 1.00 bits per heavy atom. The molecule has 3 atom stereocenters. The first kappa shape index (κ1) is 16.0. The quantitative estimate of drug-likeness (QED) is 0.652. The van der Waals surface area contributed by atoms with E-state index in [4.69, 9.17) is 4.74 Å². The van der Waals surface area contributed by atoms with Crippen LogP contribution in [-0.4, -0.2) is 11.7 Å². The highest BCUT2D eigenvalue weighted by atomic mass is 16.5. The molecule has 0 saturated heterocycles. The van der Waals surface area contributed by atoms with Crippen molar-refractivity contribution in [3.05, 3.63) is 0 Å². The van der Waals surface area contributed by atoms with Crippen molar-refractivity contribution in [2.24, 2.45) is 17.3 Å². The summed E-state index contributed by atoms with van der Waals surface area (Å²) in [6.45, 7) is 16.0. The van der Waals surface area contributed by atoms with Crippen LogP contribution in [0.5, 0.6) is 0 Å². The Hall–Kier alpha value is -0.0400. The van der Waals surface area contributed by atoms with Crippen LogP contribution >= 0.6 is 0 Å². The fourth-order valence-electron chi connectivity index (χ4n) is 3.41. The van der Waals surface area contributed by atoms with Crippen molar-refractivity contribution < 1.29 is 4.74 Å². The molecule has 2 unspecified atom stereocenters. The van der Waals surface area contributed by atoms with Gasteiger partial charge in [-0.3, -0.25) is 0 Å². The largest absolute Gasteiger partial charge is 0.372 e. The number of rotatable bonds is 3. The lowest BCUT2D eigenvalue weighted by molar-refractivity contribution is -0.127. The van der Waals surface area contributed by atoms with E-state index in [9.17, 15) is 0 Å². The second-order valence-corrected chi connectivity index (χ2v) is 8.21. The Kier molecular flexibility index (Phi) is 5.29. The standard InChI is InChI=1S/C17H34O/c1-8-9-13-10-11-15(18-17(5,6)7)14(12-13)16(2,3)4/h13-15H,8-12H2,1-7H3/t13?,14?,15-/m0/s1. The van der Waals surface area contributed by atoms with Crippen LogP contribution in [0.25, 0.3) is 0 Å². The average Bonchev–Trinajstić information content (AvgIpc) is 2.17. The second kappa shape index (κ2) is 5.94. The summed E-state index contributed by atoms with van der Waals surface area (Å²) >= 11 is 0. The van der Waals surface area contributed by atoms with Gasteiger partial charge in [0.25, 0.3) is 0 Å². The minimum atomic E-state index is -0.00817. The lowest BCUT2D eigenvalue weighted by Crippen LogP contribution is -2.42. The molecule has 1 heteroatoms. The molecule has 0 heterocycles. The van der Waals surface area contributed by atoms with Gasteiger partial charge >= 0.3 is 0 Å². The maximum Gasteiger partial charge on any atom is 0.0615 e. The number of hydrogen-bond donors (Lipinski definition) is 0. The van der Waals surface area contributed by atoms with E-state index in [1.165, 1.54) is 32.1 Å². The molecular formula is C17H34O. The smallest absolute Gasteiger partial charge is 0.0615 e. The van der Waals surface area contributed by atoms with Crippen molar-refractivity contribution in [3.8, 4) is 0 Å². The summed E-state index contributed by atoms with van der Waals surface area (Å²) in [5.74, 6) is 1.64. The van der Waals surface area contributed by atoms with E-state index in [2.05, 4.69) is 48.5 Å². The van der Waals surface area contributed by atoms with Gasteiger partial charge in [-0.25, -0.2) is 0 Å². The van der Waals surface area contributed by atoms with E-state index >= 15 is 0 Å². The molecule has 1 saturated carbocycles. The predicted molar refractivity (Wildman–Crippen MR) is 79.8 cm³/mol. The molecule has 108 valence electrons. The molecule has 0 spiro atoms. The molecule has 0 amide bonds. The Labute approximate surface area is 115 Å². The maximum absolute atomic E-state index is 6.34. The summed E-state index contributed by atoms with van der Waals surface area (Å²) in [6.07, 6.45) is 7.16. The summed E-state index contributed by atoms with van der Waals surface area (Å²) < 4.78 is 6.34. The molecule has 0 radical (unpaired) electrons. The van der Waals surface area contributed by atoms with Gasteiger partial charge in [-0.05, 0) is 57.3 Å². The minimum Gasteiger partial charge on any atom is -0.372 e. The first-order valence-electron chi connectivity index (χ1n) is 7.81. The van der Waals surface area contributed by atoms with Crippen LogP contribution in [-0.2, 0) is 4.74 Å². The molecule has 0 aliphatic heterocycles. The minimum absolute atomic E-state index is 0.00817. The van der Waals surface area contributed by atoms with Gasteiger partial charge in [-0.2, -0.15) is 0 Å². The van der Waals surface area contributed by atoms with Crippen LogP contribution in [0.4, 0.5) is 0 Å². The summed E-state index contributed by atoms with van der Waals surface area (Å²) in [5, 5.41) is 0. The summed E-state index contributed by atoms with van der Waals surface area (Å²) in [6, 6.07) is 0. The fourth-order valence-corrected chi connectivity index (χ4v) is 3.41. The van der Waals surface area contributed by atoms with E-state index in [-0.39, 0.29) is 5.60 Å². The lowest BCUT2D eigenvalue weighted by atomic mass is 9.66. The Bertz CT molecular complexity index is 243. The van der Waals surface area contributed by atoms with E-state index in [0.717, 1.165) is 5.92 Å². The molecule has 0 N–H and O–H groups in total. The molecule has 18 heavy (non-hydrogen) atoms. The first-order valence-corrected chi connectivity index (χ1v) is 7.81. The summed E-state index contributed by atoms with van der Waals surface area (Å²) in [7, 11) is 0. The summed E-state index contributed by atoms with van der Waals surface area (Å²) in [5.41, 5.74) is 0.355. The van der Waals surface area contributed by atoms with Crippen LogP contribution in [0.2, 0.25) is 0 Å². The zero-order valence-electron chi connectivity index (χ0n) is 13.7. The van der Waals surface area contributed by atoms with Gasteiger partial charge in [0, 0.05) is 0 Å². The van der Waals surface area contributed by atoms with Gasteiger partial charge in [-0.1, -0.05) is 40.5 Å². The van der Waals surface area contributed by atoms with Gasteiger partial charge in [0.2, 0.25) is 0 Å². The van der Waals surface area contributed by atoms with Crippen molar-refractivity contribution in [2.75, 3.05) is 0 Å². The van der Waals surface area contributed by atoms with Crippen LogP contribution in [0.3, 0.4) is 0 Å². The van der Waals surface area contributed by atoms with E-state index in [1.54, 1.807) is 0 Å². The normalized spacial score (nSPS) is 30.5. The molecule has 0 aromatic heterocycles. The maximum atomic E-state index is 6.34. The monoisotopic (exact) mass is 254 g/mol. The van der Waals surface area contributed by atoms with Crippen molar-refractivity contribution >= 4 is 0 Å². The third kappa shape index (κ3) is 4.91. The molecule has 1 rings (SSSR count). The van der Waals surface area contributed by atoms with Crippen molar-refractivity contribution in [3.63, 3.8) is 0 Å². The fraction of sp³-hybridized carbons (Fsp3) is 1.00. The number of ether oxygens (including phenoxy) is 1. The van der Waals surface area contributed by atoms with Crippen molar-refractivity contribution in [2.45, 2.75) is 92.3 Å². The van der Waals surface area contributed by atoms with Crippen LogP contribution in [0.15, 0.2) is 0 Å². The molecule has 0 aromatic carbocycles. The molecule has 1 aliphatic carbocycles. The molecule has 1 fully saturated rings. The molecule has 0 bridgehead atoms. The Balaban J connectivity index is 2.72. The average molecular weight is 254 g/mol. The highest BCUT2D eigenvalue weighted by molar-refractivity contribution is 4.89. The van der Waals surface area contributed by atoms with Gasteiger partial charge < -0.3 is 4.74 Å². The second-order valence-electron chi connectivity index (χ2n) is 8.21. The third-order valence-corrected chi connectivity index (χ3v) is 4.21. The Morgan fingerprint density at radius 3 is 2.06 bits per heavy atom. The Morgan fingerprint density at radius 2 is 1.61 bits per heavy atom. The topological polar surface area (TPSA) is 9.23 Å². The first-order chi connectivity index (χ1) is 8.13. The van der Waals surface area contributed by atoms with E-state index in [0.29, 0.717) is 17.4 Å².